The zero-order chi connectivity index (χ0) is 20.1. The third-order valence-corrected chi connectivity index (χ3v) is 5.41. The third kappa shape index (κ3) is 4.50. The second-order valence-electron chi connectivity index (χ2n) is 6.15. The quantitative estimate of drug-likeness (QED) is 0.658. The van der Waals surface area contributed by atoms with Crippen molar-refractivity contribution in [2.45, 2.75) is 11.8 Å². The lowest BCUT2D eigenvalue weighted by Crippen LogP contribution is -2.18. The normalized spacial score (nSPS) is 10.9. The predicted molar refractivity (Wildman–Crippen MR) is 109 cm³/mol. The number of anilines is 2. The standard InChI is InChI=1S/C21H20N2O4S/c1-15-7-5-10-18(13-15)28(25,26)23-20-12-4-3-11-19(20)21(24)22-16-8-6-9-17(14-16)27-2/h3-14,23H,1-2H3,(H,22,24). The van der Waals surface area contributed by atoms with Crippen molar-refractivity contribution in [2.75, 3.05) is 17.1 Å². The number of para-hydroxylation sites is 1. The number of carbonyl (C=O) groups is 1. The van der Waals surface area contributed by atoms with Crippen LogP contribution in [0, 0.1) is 6.92 Å². The van der Waals surface area contributed by atoms with Gasteiger partial charge in [0.15, 0.2) is 0 Å². The molecule has 0 spiro atoms. The van der Waals surface area contributed by atoms with Gasteiger partial charge in [-0.05, 0) is 48.9 Å². The molecule has 0 atom stereocenters. The van der Waals surface area contributed by atoms with Crippen molar-refractivity contribution in [1.82, 2.24) is 0 Å². The number of methoxy groups -OCH3 is 1. The molecule has 7 heteroatoms. The summed E-state index contributed by atoms with van der Waals surface area (Å²) in [5.74, 6) is 0.169. The second kappa shape index (κ2) is 8.14. The van der Waals surface area contributed by atoms with Crippen LogP contribution in [0.5, 0.6) is 5.75 Å². The Morgan fingerprint density at radius 1 is 0.929 bits per heavy atom. The Morgan fingerprint density at radius 3 is 2.43 bits per heavy atom. The minimum atomic E-state index is -3.83. The monoisotopic (exact) mass is 396 g/mol. The summed E-state index contributed by atoms with van der Waals surface area (Å²) in [6, 6.07) is 19.9. The fourth-order valence-corrected chi connectivity index (χ4v) is 3.84. The molecule has 3 aromatic rings. The molecule has 0 aliphatic carbocycles. The second-order valence-corrected chi connectivity index (χ2v) is 7.84. The van der Waals surface area contributed by atoms with Crippen LogP contribution in [0.25, 0.3) is 0 Å². The lowest BCUT2D eigenvalue weighted by molar-refractivity contribution is 0.102. The number of carbonyl (C=O) groups excluding carboxylic acids is 1. The molecule has 0 bridgehead atoms. The number of hydrogen-bond acceptors (Lipinski definition) is 4. The molecule has 2 N–H and O–H groups in total. The summed E-state index contributed by atoms with van der Waals surface area (Å²) in [6.45, 7) is 1.81. The molecule has 1 amide bonds. The Balaban J connectivity index is 1.87. The average Bonchev–Trinajstić information content (AvgIpc) is 2.68. The minimum absolute atomic E-state index is 0.135. The molecule has 0 saturated heterocycles. The highest BCUT2D eigenvalue weighted by molar-refractivity contribution is 7.92. The maximum atomic E-state index is 12.7. The summed E-state index contributed by atoms with van der Waals surface area (Å²) < 4.78 is 33.1. The Kier molecular flexibility index (Phi) is 5.65. The summed E-state index contributed by atoms with van der Waals surface area (Å²) in [5, 5.41) is 2.75. The van der Waals surface area contributed by atoms with Gasteiger partial charge in [-0.3, -0.25) is 9.52 Å². The molecule has 0 aliphatic rings. The van der Waals surface area contributed by atoms with Gasteiger partial charge in [-0.25, -0.2) is 8.42 Å². The van der Waals surface area contributed by atoms with E-state index in [0.717, 1.165) is 5.56 Å². The van der Waals surface area contributed by atoms with Gasteiger partial charge in [0.1, 0.15) is 5.75 Å². The Morgan fingerprint density at radius 2 is 1.68 bits per heavy atom. The van der Waals surface area contributed by atoms with E-state index < -0.39 is 15.9 Å². The summed E-state index contributed by atoms with van der Waals surface area (Å²) in [4.78, 5) is 12.9. The lowest BCUT2D eigenvalue weighted by atomic mass is 10.1. The van der Waals surface area contributed by atoms with Crippen molar-refractivity contribution in [3.8, 4) is 5.75 Å². The van der Waals surface area contributed by atoms with E-state index in [1.807, 2.05) is 13.0 Å². The molecule has 3 rings (SSSR count). The summed E-state index contributed by atoms with van der Waals surface area (Å²) in [5.41, 5.74) is 1.78. The molecule has 28 heavy (non-hydrogen) atoms. The molecule has 0 saturated carbocycles. The van der Waals surface area contributed by atoms with Crippen LogP contribution in [0.1, 0.15) is 15.9 Å². The number of nitrogens with one attached hydrogen (secondary N) is 2. The molecule has 0 heterocycles. The number of sulfonamides is 1. The highest BCUT2D eigenvalue weighted by atomic mass is 32.2. The van der Waals surface area contributed by atoms with Crippen LogP contribution in [-0.2, 0) is 10.0 Å². The SMILES string of the molecule is COc1cccc(NC(=O)c2ccccc2NS(=O)(=O)c2cccc(C)c2)c1. The van der Waals surface area contributed by atoms with E-state index in [0.29, 0.717) is 11.4 Å². The number of ether oxygens (including phenoxy) is 1. The van der Waals surface area contributed by atoms with E-state index in [9.17, 15) is 13.2 Å². The van der Waals surface area contributed by atoms with Gasteiger partial charge in [-0.2, -0.15) is 0 Å². The molecule has 0 radical (unpaired) electrons. The third-order valence-electron chi connectivity index (χ3n) is 4.04. The zero-order valence-electron chi connectivity index (χ0n) is 15.5. The van der Waals surface area contributed by atoms with Crippen molar-refractivity contribution >= 4 is 27.3 Å². The van der Waals surface area contributed by atoms with Crippen molar-refractivity contribution in [1.29, 1.82) is 0 Å². The molecule has 0 aliphatic heterocycles. The maximum Gasteiger partial charge on any atom is 0.261 e. The van der Waals surface area contributed by atoms with E-state index in [1.165, 1.54) is 13.2 Å². The van der Waals surface area contributed by atoms with Crippen LogP contribution in [0.2, 0.25) is 0 Å². The highest BCUT2D eigenvalue weighted by Crippen LogP contribution is 2.23. The molecular formula is C21H20N2O4S. The molecule has 6 nitrogen and oxygen atoms in total. The average molecular weight is 396 g/mol. The van der Waals surface area contributed by atoms with Gasteiger partial charge in [-0.1, -0.05) is 30.3 Å². The van der Waals surface area contributed by atoms with Crippen LogP contribution in [-0.4, -0.2) is 21.4 Å². The smallest absolute Gasteiger partial charge is 0.261 e. The Bertz CT molecular complexity index is 1110. The van der Waals surface area contributed by atoms with Crippen molar-refractivity contribution in [3.05, 3.63) is 83.9 Å². The van der Waals surface area contributed by atoms with Gasteiger partial charge >= 0.3 is 0 Å². The number of amides is 1. The Labute approximate surface area is 164 Å². The summed E-state index contributed by atoms with van der Waals surface area (Å²) >= 11 is 0. The molecule has 144 valence electrons. The Hall–Kier alpha value is -3.32. The van der Waals surface area contributed by atoms with Crippen LogP contribution in [0.15, 0.2) is 77.7 Å². The van der Waals surface area contributed by atoms with Crippen LogP contribution in [0.4, 0.5) is 11.4 Å². The molecule has 0 unspecified atom stereocenters. The maximum absolute atomic E-state index is 12.7. The van der Waals surface area contributed by atoms with E-state index in [1.54, 1.807) is 60.7 Å². The van der Waals surface area contributed by atoms with E-state index >= 15 is 0 Å². The lowest BCUT2D eigenvalue weighted by Gasteiger charge is -2.13. The number of hydrogen-bond donors (Lipinski definition) is 2. The van der Waals surface area contributed by atoms with Crippen molar-refractivity contribution in [2.24, 2.45) is 0 Å². The van der Waals surface area contributed by atoms with Gasteiger partial charge in [0.2, 0.25) is 0 Å². The highest BCUT2D eigenvalue weighted by Gasteiger charge is 2.19. The fraction of sp³-hybridized carbons (Fsp3) is 0.0952. The van der Waals surface area contributed by atoms with Crippen LogP contribution in [0.3, 0.4) is 0 Å². The topological polar surface area (TPSA) is 84.5 Å². The van der Waals surface area contributed by atoms with Gasteiger partial charge in [0.25, 0.3) is 15.9 Å². The largest absolute Gasteiger partial charge is 0.497 e. The number of rotatable bonds is 6. The number of aryl methyl sites for hydroxylation is 1. The van der Waals surface area contributed by atoms with E-state index in [-0.39, 0.29) is 16.1 Å². The first kappa shape index (κ1) is 19.4. The van der Waals surface area contributed by atoms with Gasteiger partial charge in [-0.15, -0.1) is 0 Å². The molecule has 3 aromatic carbocycles. The van der Waals surface area contributed by atoms with Crippen molar-refractivity contribution in [3.63, 3.8) is 0 Å². The molecular weight excluding hydrogens is 376 g/mol. The molecule has 0 aromatic heterocycles. The van der Waals surface area contributed by atoms with Gasteiger partial charge < -0.3 is 10.1 Å². The first-order valence-corrected chi connectivity index (χ1v) is 10.0. The van der Waals surface area contributed by atoms with Crippen LogP contribution < -0.4 is 14.8 Å². The number of benzene rings is 3. The fourth-order valence-electron chi connectivity index (χ4n) is 2.66. The van der Waals surface area contributed by atoms with Gasteiger partial charge in [0, 0.05) is 11.8 Å². The van der Waals surface area contributed by atoms with Crippen LogP contribution >= 0.6 is 0 Å². The van der Waals surface area contributed by atoms with E-state index in [4.69, 9.17) is 4.74 Å². The van der Waals surface area contributed by atoms with Gasteiger partial charge in [0.05, 0.1) is 23.3 Å². The first-order valence-electron chi connectivity index (χ1n) is 8.53. The predicted octanol–water partition coefficient (Wildman–Crippen LogP) is 4.06. The zero-order valence-corrected chi connectivity index (χ0v) is 16.3. The minimum Gasteiger partial charge on any atom is -0.497 e. The molecule has 0 fully saturated rings. The first-order chi connectivity index (χ1) is 13.4. The summed E-state index contributed by atoms with van der Waals surface area (Å²) in [7, 11) is -2.29. The summed E-state index contributed by atoms with van der Waals surface area (Å²) in [6.07, 6.45) is 0. The van der Waals surface area contributed by atoms with Crippen molar-refractivity contribution < 1.29 is 17.9 Å². The van der Waals surface area contributed by atoms with E-state index in [2.05, 4.69) is 10.0 Å².